The molecule has 0 saturated heterocycles. The molecule has 2 aliphatic rings. The van der Waals surface area contributed by atoms with Gasteiger partial charge in [0.25, 0.3) is 0 Å². The van der Waals surface area contributed by atoms with E-state index in [1.165, 1.54) is 17.6 Å². The third kappa shape index (κ3) is 2.84. The highest BCUT2D eigenvalue weighted by atomic mass is 16.5. The number of aryl methyl sites for hydroxylation is 1. The first-order chi connectivity index (χ1) is 9.72. The summed E-state index contributed by atoms with van der Waals surface area (Å²) in [5.74, 6) is 1.70. The van der Waals surface area contributed by atoms with Gasteiger partial charge in [-0.25, -0.2) is 0 Å². The molecule has 2 unspecified atom stereocenters. The number of aliphatic imine (C=N–C) groups is 1. The highest BCUT2D eigenvalue weighted by Crippen LogP contribution is 2.33. The highest BCUT2D eigenvalue weighted by molar-refractivity contribution is 5.74. The molecular weight excluding hydrogens is 246 g/mol. The van der Waals surface area contributed by atoms with Crippen LogP contribution < -0.4 is 4.74 Å². The SMILES string of the molecule is Cc1ccc2c(c1)OC1CC(C)CCC1=CC=NC=C2. The van der Waals surface area contributed by atoms with Gasteiger partial charge in [0.2, 0.25) is 0 Å². The van der Waals surface area contributed by atoms with Crippen molar-refractivity contribution in [2.45, 2.75) is 39.2 Å². The Morgan fingerprint density at radius 1 is 1.30 bits per heavy atom. The minimum atomic E-state index is 0.192. The minimum Gasteiger partial charge on any atom is -0.485 e. The van der Waals surface area contributed by atoms with Gasteiger partial charge in [-0.1, -0.05) is 19.1 Å². The fraction of sp³-hybridized carbons (Fsp3) is 0.389. The number of benzene rings is 1. The van der Waals surface area contributed by atoms with Gasteiger partial charge in [-0.15, -0.1) is 0 Å². The van der Waals surface area contributed by atoms with Gasteiger partial charge in [-0.2, -0.15) is 0 Å². The van der Waals surface area contributed by atoms with Crippen LogP contribution in [-0.2, 0) is 0 Å². The van der Waals surface area contributed by atoms with Crippen molar-refractivity contribution in [2.24, 2.45) is 10.9 Å². The Kier molecular flexibility index (Phi) is 3.72. The Morgan fingerprint density at radius 2 is 2.20 bits per heavy atom. The molecule has 0 aromatic heterocycles. The van der Waals surface area contributed by atoms with E-state index in [-0.39, 0.29) is 6.10 Å². The summed E-state index contributed by atoms with van der Waals surface area (Å²) in [7, 11) is 0. The Morgan fingerprint density at radius 3 is 3.10 bits per heavy atom. The third-order valence-electron chi connectivity index (χ3n) is 4.11. The summed E-state index contributed by atoms with van der Waals surface area (Å²) in [6, 6.07) is 6.35. The average Bonchev–Trinajstić information content (AvgIpc) is 2.43. The quantitative estimate of drug-likeness (QED) is 0.676. The van der Waals surface area contributed by atoms with Crippen molar-refractivity contribution in [1.82, 2.24) is 0 Å². The number of ether oxygens (including phenoxy) is 1. The van der Waals surface area contributed by atoms with Crippen molar-refractivity contribution in [3.63, 3.8) is 0 Å². The summed E-state index contributed by atoms with van der Waals surface area (Å²) in [6.07, 6.45) is 11.5. The smallest absolute Gasteiger partial charge is 0.127 e. The zero-order valence-corrected chi connectivity index (χ0v) is 12.2. The molecule has 2 heteroatoms. The van der Waals surface area contributed by atoms with Crippen molar-refractivity contribution in [2.75, 3.05) is 0 Å². The van der Waals surface area contributed by atoms with Crippen LogP contribution in [0, 0.1) is 12.8 Å². The maximum Gasteiger partial charge on any atom is 0.127 e. The van der Waals surface area contributed by atoms with Gasteiger partial charge >= 0.3 is 0 Å². The lowest BCUT2D eigenvalue weighted by molar-refractivity contribution is 0.176. The van der Waals surface area contributed by atoms with Gasteiger partial charge in [0.15, 0.2) is 0 Å². The second-order valence-corrected chi connectivity index (χ2v) is 5.88. The van der Waals surface area contributed by atoms with Crippen molar-refractivity contribution in [3.05, 3.63) is 47.2 Å². The molecule has 2 nitrogen and oxygen atoms in total. The zero-order valence-electron chi connectivity index (χ0n) is 12.2. The lowest BCUT2D eigenvalue weighted by Crippen LogP contribution is -2.27. The van der Waals surface area contributed by atoms with Crippen LogP contribution in [0.3, 0.4) is 0 Å². The molecule has 0 bridgehead atoms. The molecule has 104 valence electrons. The van der Waals surface area contributed by atoms with Crippen molar-refractivity contribution < 1.29 is 4.74 Å². The zero-order chi connectivity index (χ0) is 13.9. The van der Waals surface area contributed by atoms with Crippen LogP contribution in [0.1, 0.15) is 37.3 Å². The van der Waals surface area contributed by atoms with E-state index < -0.39 is 0 Å². The molecule has 2 atom stereocenters. The first-order valence-electron chi connectivity index (χ1n) is 7.38. The van der Waals surface area contributed by atoms with Gasteiger partial charge in [0.05, 0.1) is 0 Å². The lowest BCUT2D eigenvalue weighted by Gasteiger charge is -2.31. The summed E-state index contributed by atoms with van der Waals surface area (Å²) < 4.78 is 6.35. The van der Waals surface area contributed by atoms with Crippen LogP contribution >= 0.6 is 0 Å². The Balaban J connectivity index is 2.00. The predicted octanol–water partition coefficient (Wildman–Crippen LogP) is 4.54. The Bertz CT molecular complexity index is 583. The molecule has 1 aromatic rings. The van der Waals surface area contributed by atoms with Crippen molar-refractivity contribution in [1.29, 1.82) is 0 Å². The minimum absolute atomic E-state index is 0.192. The van der Waals surface area contributed by atoms with Gasteiger partial charge in [-0.3, -0.25) is 4.99 Å². The van der Waals surface area contributed by atoms with E-state index in [2.05, 4.69) is 43.1 Å². The molecule has 20 heavy (non-hydrogen) atoms. The van der Waals surface area contributed by atoms with E-state index in [0.717, 1.165) is 30.1 Å². The molecular formula is C18H21NO. The summed E-state index contributed by atoms with van der Waals surface area (Å²) >= 11 is 0. The fourth-order valence-electron chi connectivity index (χ4n) is 2.87. The molecule has 1 aliphatic carbocycles. The maximum atomic E-state index is 6.35. The summed E-state index contributed by atoms with van der Waals surface area (Å²) in [5.41, 5.74) is 3.70. The molecule has 1 fully saturated rings. The molecule has 0 spiro atoms. The number of hydrogen-bond acceptors (Lipinski definition) is 2. The van der Waals surface area contributed by atoms with Crippen LogP contribution in [0.2, 0.25) is 0 Å². The summed E-state index contributed by atoms with van der Waals surface area (Å²) in [5, 5.41) is 0. The van der Waals surface area contributed by atoms with Gasteiger partial charge in [-0.05, 0) is 61.5 Å². The highest BCUT2D eigenvalue weighted by Gasteiger charge is 2.25. The molecule has 1 aromatic carbocycles. The lowest BCUT2D eigenvalue weighted by atomic mass is 9.84. The number of allylic oxidation sites excluding steroid dienone is 1. The van der Waals surface area contributed by atoms with Crippen LogP contribution in [0.4, 0.5) is 0 Å². The topological polar surface area (TPSA) is 21.6 Å². The van der Waals surface area contributed by atoms with Crippen LogP contribution in [-0.4, -0.2) is 12.3 Å². The van der Waals surface area contributed by atoms with E-state index >= 15 is 0 Å². The monoisotopic (exact) mass is 267 g/mol. The van der Waals surface area contributed by atoms with Crippen molar-refractivity contribution >= 4 is 12.3 Å². The third-order valence-corrected chi connectivity index (χ3v) is 4.11. The molecule has 3 rings (SSSR count). The molecule has 0 radical (unpaired) electrons. The Hall–Kier alpha value is -1.83. The normalized spacial score (nSPS) is 25.2. The first-order valence-corrected chi connectivity index (χ1v) is 7.38. The largest absolute Gasteiger partial charge is 0.485 e. The molecule has 1 heterocycles. The van der Waals surface area contributed by atoms with Crippen molar-refractivity contribution in [3.8, 4) is 5.75 Å². The standard InChI is InChI=1S/C18H21NO/c1-13-3-5-15-7-9-19-10-8-16-6-4-14(2)12-18(16)20-17(15)11-13/h3,5,7-11,14,18H,4,6,12H2,1-2H3. The maximum absolute atomic E-state index is 6.35. The van der Waals surface area contributed by atoms with E-state index in [9.17, 15) is 0 Å². The van der Waals surface area contributed by atoms with Gasteiger partial charge in [0, 0.05) is 18.0 Å². The fourth-order valence-corrected chi connectivity index (χ4v) is 2.87. The summed E-state index contributed by atoms with van der Waals surface area (Å²) in [6.45, 7) is 4.41. The molecule has 1 aliphatic heterocycles. The van der Waals surface area contributed by atoms with E-state index in [0.29, 0.717) is 0 Å². The second-order valence-electron chi connectivity index (χ2n) is 5.88. The first kappa shape index (κ1) is 13.2. The predicted molar refractivity (Wildman–Crippen MR) is 84.2 cm³/mol. The van der Waals surface area contributed by atoms with Gasteiger partial charge in [0.1, 0.15) is 11.9 Å². The number of hydrogen-bond donors (Lipinski definition) is 0. The van der Waals surface area contributed by atoms with Crippen LogP contribution in [0.25, 0.3) is 6.08 Å². The van der Waals surface area contributed by atoms with E-state index in [1.807, 2.05) is 18.5 Å². The van der Waals surface area contributed by atoms with E-state index in [1.54, 1.807) is 0 Å². The Labute approximate surface area is 120 Å². The molecule has 1 saturated carbocycles. The second kappa shape index (κ2) is 5.66. The number of fused-ring (bicyclic) bond motifs is 2. The average molecular weight is 267 g/mol. The number of nitrogens with zero attached hydrogens (tertiary/aromatic N) is 1. The van der Waals surface area contributed by atoms with Gasteiger partial charge < -0.3 is 4.74 Å². The van der Waals surface area contributed by atoms with Crippen LogP contribution in [0.15, 0.2) is 41.0 Å². The summed E-state index contributed by atoms with van der Waals surface area (Å²) in [4.78, 5) is 4.33. The number of rotatable bonds is 0. The van der Waals surface area contributed by atoms with E-state index in [4.69, 9.17) is 4.74 Å². The molecule has 0 amide bonds. The van der Waals surface area contributed by atoms with Crippen LogP contribution in [0.5, 0.6) is 5.75 Å². The molecule has 0 N–H and O–H groups in total.